The number of nitrogens with one attached hydrogen (secondary N) is 1. The number of halogens is 1. The van der Waals surface area contributed by atoms with Gasteiger partial charge >= 0.3 is 0 Å². The number of rotatable bonds is 5. The van der Waals surface area contributed by atoms with Crippen LogP contribution in [0, 0.1) is 19.7 Å². The SMILES string of the molecule is Cc1cc(-c2sc(N3CCOCC3)nc2CNC(=O)c2ccc(F)cc2)cc(C)n1. The van der Waals surface area contributed by atoms with Crippen LogP contribution >= 0.6 is 11.3 Å². The number of hydrogen-bond acceptors (Lipinski definition) is 6. The molecule has 1 aromatic carbocycles. The van der Waals surface area contributed by atoms with E-state index >= 15 is 0 Å². The van der Waals surface area contributed by atoms with Gasteiger partial charge in [0.1, 0.15) is 5.82 Å². The van der Waals surface area contributed by atoms with Gasteiger partial charge in [-0.15, -0.1) is 0 Å². The number of aromatic nitrogens is 2. The Morgan fingerprint density at radius 2 is 1.80 bits per heavy atom. The Labute approximate surface area is 178 Å². The zero-order valence-electron chi connectivity index (χ0n) is 16.9. The molecule has 3 aromatic rings. The lowest BCUT2D eigenvalue weighted by molar-refractivity contribution is 0.0950. The van der Waals surface area contributed by atoms with Gasteiger partial charge in [0.05, 0.1) is 30.3 Å². The van der Waals surface area contributed by atoms with E-state index in [1.54, 1.807) is 11.3 Å². The summed E-state index contributed by atoms with van der Waals surface area (Å²) in [7, 11) is 0. The average molecular weight is 427 g/mol. The molecular formula is C22H23FN4O2S. The summed E-state index contributed by atoms with van der Waals surface area (Å²) in [4.78, 5) is 25.0. The van der Waals surface area contributed by atoms with Gasteiger partial charge in [0.2, 0.25) is 0 Å². The van der Waals surface area contributed by atoms with Gasteiger partial charge < -0.3 is 15.0 Å². The van der Waals surface area contributed by atoms with Crippen molar-refractivity contribution in [3.8, 4) is 10.4 Å². The summed E-state index contributed by atoms with van der Waals surface area (Å²) in [5.74, 6) is -0.629. The van der Waals surface area contributed by atoms with Crippen LogP contribution in [0.5, 0.6) is 0 Å². The molecule has 4 rings (SSSR count). The summed E-state index contributed by atoms with van der Waals surface area (Å²) < 4.78 is 18.6. The zero-order valence-corrected chi connectivity index (χ0v) is 17.8. The lowest BCUT2D eigenvalue weighted by atomic mass is 10.1. The van der Waals surface area contributed by atoms with Crippen LogP contribution in [-0.2, 0) is 11.3 Å². The number of morpholine rings is 1. The maximum absolute atomic E-state index is 13.1. The molecule has 1 aliphatic rings. The molecule has 0 unspecified atom stereocenters. The fraction of sp³-hybridized carbons (Fsp3) is 0.318. The van der Waals surface area contributed by atoms with E-state index in [0.29, 0.717) is 18.8 Å². The number of carbonyl (C=O) groups is 1. The molecule has 2 aromatic heterocycles. The Balaban J connectivity index is 1.61. The van der Waals surface area contributed by atoms with Gasteiger partial charge in [-0.05, 0) is 55.8 Å². The predicted octanol–water partition coefficient (Wildman–Crippen LogP) is 3.73. The lowest BCUT2D eigenvalue weighted by Crippen LogP contribution is -2.36. The average Bonchev–Trinajstić information content (AvgIpc) is 3.17. The zero-order chi connectivity index (χ0) is 21.1. The Bertz CT molecular complexity index is 1030. The minimum absolute atomic E-state index is 0.260. The molecule has 156 valence electrons. The number of aryl methyl sites for hydroxylation is 2. The summed E-state index contributed by atoms with van der Waals surface area (Å²) in [6.07, 6.45) is 0. The fourth-order valence-electron chi connectivity index (χ4n) is 3.41. The van der Waals surface area contributed by atoms with E-state index in [-0.39, 0.29) is 18.3 Å². The molecule has 8 heteroatoms. The number of anilines is 1. The first-order valence-corrected chi connectivity index (χ1v) is 10.6. The van der Waals surface area contributed by atoms with Crippen LogP contribution < -0.4 is 10.2 Å². The third-order valence-electron chi connectivity index (χ3n) is 4.83. The van der Waals surface area contributed by atoms with Crippen molar-refractivity contribution in [1.82, 2.24) is 15.3 Å². The van der Waals surface area contributed by atoms with Gasteiger partial charge in [-0.3, -0.25) is 9.78 Å². The first-order valence-electron chi connectivity index (χ1n) is 9.81. The van der Waals surface area contributed by atoms with Crippen LogP contribution in [0.4, 0.5) is 9.52 Å². The third-order valence-corrected chi connectivity index (χ3v) is 6.04. The van der Waals surface area contributed by atoms with Gasteiger partial charge in [-0.2, -0.15) is 0 Å². The highest BCUT2D eigenvalue weighted by molar-refractivity contribution is 7.19. The van der Waals surface area contributed by atoms with E-state index < -0.39 is 0 Å². The molecule has 0 bridgehead atoms. The van der Waals surface area contributed by atoms with Gasteiger partial charge in [0, 0.05) is 30.0 Å². The molecule has 3 heterocycles. The van der Waals surface area contributed by atoms with E-state index in [4.69, 9.17) is 9.72 Å². The van der Waals surface area contributed by atoms with Crippen LogP contribution in [0.3, 0.4) is 0 Å². The predicted molar refractivity (Wildman–Crippen MR) is 115 cm³/mol. The van der Waals surface area contributed by atoms with E-state index in [9.17, 15) is 9.18 Å². The van der Waals surface area contributed by atoms with E-state index in [1.165, 1.54) is 24.3 Å². The molecule has 0 saturated carbocycles. The lowest BCUT2D eigenvalue weighted by Gasteiger charge is -2.26. The van der Waals surface area contributed by atoms with Crippen LogP contribution in [0.25, 0.3) is 10.4 Å². The van der Waals surface area contributed by atoms with Crippen LogP contribution in [0.1, 0.15) is 27.4 Å². The highest BCUT2D eigenvalue weighted by Gasteiger charge is 2.20. The normalized spacial score (nSPS) is 14.0. The highest BCUT2D eigenvalue weighted by Crippen LogP contribution is 2.36. The minimum Gasteiger partial charge on any atom is -0.378 e. The van der Waals surface area contributed by atoms with E-state index in [0.717, 1.165) is 45.7 Å². The van der Waals surface area contributed by atoms with Crippen molar-refractivity contribution in [3.05, 3.63) is 64.9 Å². The molecule has 0 radical (unpaired) electrons. The second kappa shape index (κ2) is 8.89. The molecular weight excluding hydrogens is 403 g/mol. The second-order valence-electron chi connectivity index (χ2n) is 7.20. The van der Waals surface area contributed by atoms with Gasteiger partial charge in [0.15, 0.2) is 5.13 Å². The largest absolute Gasteiger partial charge is 0.378 e. The van der Waals surface area contributed by atoms with Crippen LogP contribution in [-0.4, -0.2) is 42.2 Å². The Morgan fingerprint density at radius 3 is 2.47 bits per heavy atom. The topological polar surface area (TPSA) is 67.3 Å². The Morgan fingerprint density at radius 1 is 1.13 bits per heavy atom. The first kappa shape index (κ1) is 20.4. The number of thiazole rings is 1. The van der Waals surface area contributed by atoms with Crippen LogP contribution in [0.2, 0.25) is 0 Å². The van der Waals surface area contributed by atoms with Crippen molar-refractivity contribution in [2.45, 2.75) is 20.4 Å². The van der Waals surface area contributed by atoms with Crippen LogP contribution in [0.15, 0.2) is 36.4 Å². The first-order chi connectivity index (χ1) is 14.5. The maximum Gasteiger partial charge on any atom is 0.251 e. The monoisotopic (exact) mass is 426 g/mol. The van der Waals surface area contributed by atoms with Crippen molar-refractivity contribution in [1.29, 1.82) is 0 Å². The second-order valence-corrected chi connectivity index (χ2v) is 8.18. The number of pyridine rings is 1. The standard InChI is InChI=1S/C22H23FN4O2S/c1-14-11-17(12-15(2)25-14)20-19(26-22(30-20)27-7-9-29-10-8-27)13-24-21(28)16-3-5-18(23)6-4-16/h3-6,11-12H,7-10,13H2,1-2H3,(H,24,28). The van der Waals surface area contributed by atoms with Gasteiger partial charge in [-0.25, -0.2) is 9.37 Å². The number of benzene rings is 1. The number of ether oxygens (including phenoxy) is 1. The number of amides is 1. The third kappa shape index (κ3) is 4.66. The molecule has 0 spiro atoms. The summed E-state index contributed by atoms with van der Waals surface area (Å²) >= 11 is 1.62. The number of hydrogen-bond donors (Lipinski definition) is 1. The summed E-state index contributed by atoms with van der Waals surface area (Å²) in [5, 5.41) is 3.84. The van der Waals surface area contributed by atoms with Gasteiger partial charge in [-0.1, -0.05) is 11.3 Å². The summed E-state index contributed by atoms with van der Waals surface area (Å²) in [6, 6.07) is 9.58. The molecule has 0 aliphatic carbocycles. The molecule has 1 fully saturated rings. The van der Waals surface area contributed by atoms with Crippen molar-refractivity contribution in [3.63, 3.8) is 0 Å². The van der Waals surface area contributed by atoms with Crippen molar-refractivity contribution in [2.75, 3.05) is 31.2 Å². The van der Waals surface area contributed by atoms with Gasteiger partial charge in [0.25, 0.3) is 5.91 Å². The molecule has 30 heavy (non-hydrogen) atoms. The Kier molecular flexibility index (Phi) is 6.06. The number of nitrogens with zero attached hydrogens (tertiary/aromatic N) is 3. The molecule has 1 aliphatic heterocycles. The molecule has 1 N–H and O–H groups in total. The summed E-state index contributed by atoms with van der Waals surface area (Å²) in [5.41, 5.74) is 4.14. The number of carbonyl (C=O) groups excluding carboxylic acids is 1. The van der Waals surface area contributed by atoms with Crippen molar-refractivity contribution < 1.29 is 13.9 Å². The quantitative estimate of drug-likeness (QED) is 0.673. The van der Waals surface area contributed by atoms with Crippen molar-refractivity contribution >= 4 is 22.4 Å². The van der Waals surface area contributed by atoms with E-state index in [2.05, 4.69) is 15.2 Å². The molecule has 1 saturated heterocycles. The van der Waals surface area contributed by atoms with Crippen molar-refractivity contribution in [2.24, 2.45) is 0 Å². The molecule has 0 atom stereocenters. The maximum atomic E-state index is 13.1. The molecule has 6 nitrogen and oxygen atoms in total. The fourth-order valence-corrected chi connectivity index (χ4v) is 4.53. The van der Waals surface area contributed by atoms with E-state index in [1.807, 2.05) is 26.0 Å². The molecule has 1 amide bonds. The smallest absolute Gasteiger partial charge is 0.251 e. The minimum atomic E-state index is -0.369. The Hall–Kier alpha value is -2.84. The highest BCUT2D eigenvalue weighted by atomic mass is 32.1. The summed E-state index contributed by atoms with van der Waals surface area (Å²) in [6.45, 7) is 7.17.